The first-order chi connectivity index (χ1) is 65.2. The van der Waals surface area contributed by atoms with Crippen molar-refractivity contribution in [3.8, 4) is 5.06 Å². The number of ether oxygens (including phenoxy) is 1. The highest BCUT2D eigenvalue weighted by Gasteiger charge is 2.45. The summed E-state index contributed by atoms with van der Waals surface area (Å²) >= 11 is 12.0. The Kier molecular flexibility index (Phi) is 63.6. The number of hydrogen-bond donors (Lipinski definition) is 0. The fourth-order valence-corrected chi connectivity index (χ4v) is 21.8. The van der Waals surface area contributed by atoms with Crippen LogP contribution in [0.15, 0.2) is 433 Å². The summed E-state index contributed by atoms with van der Waals surface area (Å²) in [4.78, 5) is 103. The molecule has 0 saturated heterocycles. The fourth-order valence-electron chi connectivity index (χ4n) is 11.9. The summed E-state index contributed by atoms with van der Waals surface area (Å²) in [5.41, 5.74) is 11.7. The molecule has 0 bridgehead atoms. The van der Waals surface area contributed by atoms with Gasteiger partial charge in [-0.2, -0.15) is 57.5 Å². The van der Waals surface area contributed by atoms with Crippen LogP contribution >= 0.6 is 87.8 Å². The van der Waals surface area contributed by atoms with Gasteiger partial charge in [0, 0.05) is 24.8 Å². The minimum atomic E-state index is -1.79. The minimum absolute atomic E-state index is 0. The van der Waals surface area contributed by atoms with Crippen molar-refractivity contribution in [2.75, 3.05) is 7.11 Å². The molecule has 0 amide bonds. The number of methoxy groups -OCH3 is 1. The van der Waals surface area contributed by atoms with Crippen LogP contribution < -0.4 is 53.5 Å². The van der Waals surface area contributed by atoms with Crippen LogP contribution in [-0.4, -0.2) is 44.0 Å². The van der Waals surface area contributed by atoms with Gasteiger partial charge in [-0.3, -0.25) is 0 Å². The zero-order chi connectivity index (χ0) is 96.1. The quantitative estimate of drug-likeness (QED) is 0.0578. The summed E-state index contributed by atoms with van der Waals surface area (Å²) in [5, 5.41) is 20.8. The number of thiophene rings is 5. The minimum Gasteiger partial charge on any atom is -1.00 e. The molecule has 17 rings (SSSR count). The largest absolute Gasteiger partial charge is 1.00 e. The van der Waals surface area contributed by atoms with Crippen molar-refractivity contribution in [3.63, 3.8) is 0 Å². The smallest absolute Gasteiger partial charge is 0.373 e. The fraction of sp³-hybridized carbons (Fsp3) is 0.0536. The van der Waals surface area contributed by atoms with E-state index in [1.807, 2.05) is 72.1 Å². The molecule has 22 heteroatoms. The first-order valence-electron chi connectivity index (χ1n) is 40.5. The summed E-state index contributed by atoms with van der Waals surface area (Å²) in [7, 11) is -0.569. The first kappa shape index (κ1) is 114. The van der Waals surface area contributed by atoms with Gasteiger partial charge in [0.15, 0.2) is 5.06 Å². The Morgan fingerprint density at radius 3 is 0.746 bits per heavy atom. The van der Waals surface area contributed by atoms with E-state index in [0.717, 1.165) is 16.6 Å². The van der Waals surface area contributed by atoms with Crippen LogP contribution in [0.25, 0.3) is 48.6 Å². The Hall–Kier alpha value is -14.0. The monoisotopic (exact) mass is 2030 g/mol. The maximum absolute atomic E-state index is 8.12. The second kappa shape index (κ2) is 74.6. The summed E-state index contributed by atoms with van der Waals surface area (Å²) < 4.78 is 4.87. The van der Waals surface area contributed by atoms with E-state index in [1.54, 1.807) is 63.8 Å². The lowest BCUT2D eigenvalue weighted by atomic mass is 10.1. The van der Waals surface area contributed by atoms with Crippen LogP contribution in [0.5, 0.6) is 5.06 Å². The Labute approximate surface area is 824 Å². The summed E-state index contributed by atoms with van der Waals surface area (Å²) in [6, 6.07) is 143. The van der Waals surface area contributed by atoms with Crippen molar-refractivity contribution in [1.29, 1.82) is 0 Å². The van der Waals surface area contributed by atoms with Crippen LogP contribution in [0.1, 0.15) is 69.6 Å². The van der Waals surface area contributed by atoms with Crippen molar-refractivity contribution in [2.45, 2.75) is 32.3 Å². The molecule has 0 atom stereocenters. The van der Waals surface area contributed by atoms with Crippen LogP contribution in [0.4, 0.5) is 0 Å². The number of aryl methyl sites for hydroxylation is 3. The van der Waals surface area contributed by atoms with Gasteiger partial charge in [-0.15, -0.1) is 56.7 Å². The Balaban J connectivity index is 0.000000392. The molecule has 17 aromatic rings. The third-order valence-corrected chi connectivity index (χ3v) is 29.1. The standard InChI is InChI=1S/C26H24P.C18H15P.C13H12S.3C12H10S.C8H9Br.C5H6OS.6CO2.BrH/c1-22-12-11-13-23(20-22)21-27(24-14-5-2-6-15-24,25-16-7-3-8-17-25)26-18-9-4-10-19-26;1-4-10-16(11-5-1)19(17-12-6-2-7-13-17)18-14-8-3-9-15-18;1-11-4-2-5-12(10-11)7-8-13-6-3-9-14-13;3*1-2-5-11(6-3-1)8-9-12-7-4-10-13-12;1-7-3-2-4-8(5-7)6-9;1-6-5-3-2-4-7-5;6*2-1-3;/h2-20H,21H2,1H3;1-15H;2-10H,1H3;3*1-10H;2-5H,6H2,1H3;2-4H,1H3;;;;;;;1H/q+1;;;;;;;;;;;;;;/p-1/b;;8-7+;2*9-8+;9-8-;;;;;;;;;. The highest BCUT2D eigenvalue weighted by atomic mass is 79.9. The van der Waals surface area contributed by atoms with Crippen molar-refractivity contribution < 1.29 is 79.3 Å². The van der Waals surface area contributed by atoms with Gasteiger partial charge < -0.3 is 21.7 Å². The summed E-state index contributed by atoms with van der Waals surface area (Å²) in [5.74, 6) is 0. The van der Waals surface area contributed by atoms with Gasteiger partial charge in [-0.05, 0) is 202 Å². The van der Waals surface area contributed by atoms with Gasteiger partial charge in [-0.25, -0.2) is 0 Å². The molecule has 676 valence electrons. The molecule has 0 spiro atoms. The average Bonchev–Trinajstić information content (AvgIpc) is 0.892. The van der Waals surface area contributed by atoms with E-state index in [-0.39, 0.29) is 53.9 Å². The predicted molar refractivity (Wildman–Crippen MR) is 553 cm³/mol. The van der Waals surface area contributed by atoms with Gasteiger partial charge in [0.2, 0.25) is 0 Å². The highest BCUT2D eigenvalue weighted by Crippen LogP contribution is 2.58. The van der Waals surface area contributed by atoms with Gasteiger partial charge in [0.1, 0.15) is 23.2 Å². The van der Waals surface area contributed by atoms with E-state index in [2.05, 4.69) is 447 Å². The lowest BCUT2D eigenvalue weighted by Crippen LogP contribution is -3.00. The molecule has 0 fully saturated rings. The Morgan fingerprint density at radius 2 is 0.507 bits per heavy atom. The highest BCUT2D eigenvalue weighted by molar-refractivity contribution is 9.08. The van der Waals surface area contributed by atoms with E-state index >= 15 is 0 Å². The maximum Gasteiger partial charge on any atom is 0.373 e. The van der Waals surface area contributed by atoms with Gasteiger partial charge in [-0.1, -0.05) is 391 Å². The number of alkyl halides is 1. The van der Waals surface area contributed by atoms with Gasteiger partial charge >= 0.3 is 36.9 Å². The molecular formula is C112H96Br2O13P2S5. The van der Waals surface area contributed by atoms with Crippen molar-refractivity contribution in [1.82, 2.24) is 0 Å². The normalized spacial score (nSPS) is 9.51. The molecule has 0 aliphatic heterocycles. The molecule has 0 aliphatic carbocycles. The van der Waals surface area contributed by atoms with Gasteiger partial charge in [0.25, 0.3) is 0 Å². The summed E-state index contributed by atoms with van der Waals surface area (Å²) in [6.07, 6.45) is 19.6. The van der Waals surface area contributed by atoms with E-state index in [9.17, 15) is 0 Å². The summed E-state index contributed by atoms with van der Waals surface area (Å²) in [6.45, 7) is 6.39. The first-order valence-corrected chi connectivity index (χ1v) is 49.3. The second-order valence-corrected chi connectivity index (χ2v) is 37.7. The number of rotatable bonds is 18. The molecule has 0 saturated carbocycles. The van der Waals surface area contributed by atoms with Crippen molar-refractivity contribution >= 4 is 205 Å². The third-order valence-electron chi connectivity index (χ3n) is 17.4. The Morgan fingerprint density at radius 1 is 0.269 bits per heavy atom. The number of benzene rings is 12. The number of hydrogen-bond acceptors (Lipinski definition) is 18. The number of carbonyl (C=O) groups excluding carboxylic acids is 12. The van der Waals surface area contributed by atoms with Crippen LogP contribution in [0, 0.1) is 20.8 Å². The average molecular weight is 2030 g/mol. The predicted octanol–water partition coefficient (Wildman–Crippen LogP) is 23.1. The molecule has 13 nitrogen and oxygen atoms in total. The maximum atomic E-state index is 8.12. The zero-order valence-electron chi connectivity index (χ0n) is 73.6. The number of halogens is 2. The molecule has 5 heterocycles. The molecule has 0 aliphatic rings. The van der Waals surface area contributed by atoms with E-state index in [4.69, 9.17) is 62.3 Å². The van der Waals surface area contributed by atoms with Crippen LogP contribution in [0.3, 0.4) is 0 Å². The lowest BCUT2D eigenvalue weighted by Gasteiger charge is -2.28. The topological polar surface area (TPSA) is 214 Å². The second-order valence-electron chi connectivity index (χ2n) is 26.6. The molecule has 12 aromatic carbocycles. The lowest BCUT2D eigenvalue weighted by molar-refractivity contribution is -0.193. The molecule has 0 unspecified atom stereocenters. The molecule has 134 heavy (non-hydrogen) atoms. The van der Waals surface area contributed by atoms with Gasteiger partial charge in [0.05, 0.1) is 13.3 Å². The van der Waals surface area contributed by atoms with Crippen LogP contribution in [0.2, 0.25) is 0 Å². The van der Waals surface area contributed by atoms with Crippen molar-refractivity contribution in [2.24, 2.45) is 0 Å². The van der Waals surface area contributed by atoms with Crippen LogP contribution in [-0.2, 0) is 69.0 Å². The Bertz CT molecular complexity index is 5700. The molecule has 5 aromatic heterocycles. The molecule has 0 radical (unpaired) electrons. The van der Waals surface area contributed by atoms with E-state index in [0.29, 0.717) is 0 Å². The third kappa shape index (κ3) is 48.8. The zero-order valence-corrected chi connectivity index (χ0v) is 82.6. The van der Waals surface area contributed by atoms with Crippen molar-refractivity contribution in [3.05, 3.63) is 503 Å². The molecular weight excluding hydrogens is 1940 g/mol. The molecule has 0 N–H and O–H groups in total. The van der Waals surface area contributed by atoms with E-state index < -0.39 is 15.2 Å². The SMILES string of the molecule is C(=C/c1cccs1)/c1ccccc1.C(=C\c1cccs1)/c1ccccc1.C(=C\c1cccs1)/c1ccccc1.COc1cccs1.Cc1cccc(/C=C/c2cccs2)c1.Cc1cccc(CBr)c1.Cc1cccc(C[P+](c2ccccc2)(c2ccccc2)c2ccccc2)c1.O=C=O.O=C=O.O=C=O.O=C=O.O=C=O.O=C=O.[Br-].c1ccc(P(c2ccccc2)c2ccccc2)cc1. The van der Waals surface area contributed by atoms with E-state index in [1.165, 1.54) is 101 Å².